The lowest BCUT2D eigenvalue weighted by molar-refractivity contribution is 0.352. The molecule has 0 aliphatic carbocycles. The Labute approximate surface area is 148 Å². The molecule has 0 unspecified atom stereocenters. The molecule has 0 fully saturated rings. The van der Waals surface area contributed by atoms with E-state index in [4.69, 9.17) is 4.74 Å². The third-order valence-electron chi connectivity index (χ3n) is 3.80. The van der Waals surface area contributed by atoms with Gasteiger partial charge in [0.2, 0.25) is 0 Å². The molecule has 1 nitrogen and oxygen atoms in total. The van der Waals surface area contributed by atoms with E-state index in [1.165, 1.54) is 22.3 Å². The first-order chi connectivity index (χ1) is 10.7. The molecule has 122 valence electrons. The van der Waals surface area contributed by atoms with Crippen LogP contribution in [-0.2, 0) is 5.41 Å². The lowest BCUT2D eigenvalue weighted by Crippen LogP contribution is -2.15. The summed E-state index contributed by atoms with van der Waals surface area (Å²) >= 11 is 3.69. The van der Waals surface area contributed by atoms with Crippen molar-refractivity contribution in [2.75, 3.05) is 6.61 Å². The number of halogens is 1. The first-order valence-corrected chi connectivity index (χ1v) is 8.68. The van der Waals surface area contributed by atoms with Crippen molar-refractivity contribution in [3.63, 3.8) is 0 Å². The molecule has 2 heteroatoms. The zero-order valence-corrected chi connectivity index (χ0v) is 16.3. The Hall–Kier alpha value is -1.54. The van der Waals surface area contributed by atoms with Gasteiger partial charge in [-0.25, -0.2) is 0 Å². The van der Waals surface area contributed by atoms with Gasteiger partial charge in [-0.05, 0) is 42.5 Å². The van der Waals surface area contributed by atoms with E-state index in [-0.39, 0.29) is 5.41 Å². The molecule has 0 bridgehead atoms. The van der Waals surface area contributed by atoms with Gasteiger partial charge in [-0.1, -0.05) is 73.1 Å². The van der Waals surface area contributed by atoms with Crippen LogP contribution in [0.15, 0.2) is 47.5 Å². The molecule has 2 aromatic rings. The van der Waals surface area contributed by atoms with Gasteiger partial charge in [0, 0.05) is 15.6 Å². The second-order valence-electron chi connectivity index (χ2n) is 7.02. The molecule has 0 aliphatic rings. The average Bonchev–Trinajstić information content (AvgIpc) is 2.46. The Morgan fingerprint density at radius 2 is 1.70 bits per heavy atom. The molecule has 0 radical (unpaired) electrons. The normalized spacial score (nSPS) is 11.4. The van der Waals surface area contributed by atoms with Crippen LogP contribution in [-0.4, -0.2) is 6.61 Å². The van der Waals surface area contributed by atoms with Crippen molar-refractivity contribution in [2.45, 2.75) is 40.0 Å². The quantitative estimate of drug-likeness (QED) is 0.549. The number of hydrogen-bond donors (Lipinski definition) is 0. The monoisotopic (exact) mass is 372 g/mol. The highest BCUT2D eigenvalue weighted by molar-refractivity contribution is 9.10. The molecule has 0 amide bonds. The maximum Gasteiger partial charge on any atom is 0.131 e. The van der Waals surface area contributed by atoms with E-state index in [1.54, 1.807) is 6.08 Å². The minimum atomic E-state index is 0.00751. The van der Waals surface area contributed by atoms with Gasteiger partial charge in [-0.3, -0.25) is 0 Å². The fourth-order valence-corrected chi connectivity index (χ4v) is 3.13. The molecule has 0 N–H and O–H groups in total. The minimum absolute atomic E-state index is 0.00751. The summed E-state index contributed by atoms with van der Waals surface area (Å²) in [6.45, 7) is 15.2. The second kappa shape index (κ2) is 6.92. The first kappa shape index (κ1) is 17.8. The zero-order valence-electron chi connectivity index (χ0n) is 14.7. The highest BCUT2D eigenvalue weighted by Crippen LogP contribution is 2.42. The minimum Gasteiger partial charge on any atom is -0.489 e. The van der Waals surface area contributed by atoms with Gasteiger partial charge < -0.3 is 4.74 Å². The van der Waals surface area contributed by atoms with Gasteiger partial charge in [-0.15, -0.1) is 0 Å². The summed E-state index contributed by atoms with van der Waals surface area (Å²) in [5.74, 6) is 0.953. The molecule has 2 aromatic carbocycles. The summed E-state index contributed by atoms with van der Waals surface area (Å²) in [6.07, 6.45) is 1.79. The maximum absolute atomic E-state index is 6.11. The lowest BCUT2D eigenvalue weighted by atomic mass is 9.83. The lowest BCUT2D eigenvalue weighted by Gasteiger charge is -2.26. The van der Waals surface area contributed by atoms with Gasteiger partial charge in [0.05, 0.1) is 0 Å². The van der Waals surface area contributed by atoms with Gasteiger partial charge in [0.15, 0.2) is 0 Å². The maximum atomic E-state index is 6.11. The van der Waals surface area contributed by atoms with Crippen molar-refractivity contribution in [1.29, 1.82) is 0 Å². The number of hydrogen-bond acceptors (Lipinski definition) is 1. The van der Waals surface area contributed by atoms with E-state index < -0.39 is 0 Å². The molecule has 0 atom stereocenters. The Balaban J connectivity index is 2.77. The highest BCUT2D eigenvalue weighted by Gasteiger charge is 2.23. The predicted molar refractivity (Wildman–Crippen MR) is 103 cm³/mol. The van der Waals surface area contributed by atoms with Crippen molar-refractivity contribution in [2.24, 2.45) is 0 Å². The van der Waals surface area contributed by atoms with Crippen LogP contribution in [0.4, 0.5) is 0 Å². The van der Waals surface area contributed by atoms with Crippen LogP contribution in [0.5, 0.6) is 5.75 Å². The predicted octanol–water partition coefficient (Wildman–Crippen LogP) is 6.60. The van der Waals surface area contributed by atoms with E-state index in [0.29, 0.717) is 6.61 Å². The number of ether oxygens (including phenoxy) is 1. The summed E-state index contributed by atoms with van der Waals surface area (Å²) in [5.41, 5.74) is 6.00. The van der Waals surface area contributed by atoms with Crippen molar-refractivity contribution in [1.82, 2.24) is 0 Å². The molecule has 23 heavy (non-hydrogen) atoms. The Morgan fingerprint density at radius 3 is 2.30 bits per heavy atom. The van der Waals surface area contributed by atoms with Crippen molar-refractivity contribution in [3.8, 4) is 16.9 Å². The summed E-state index contributed by atoms with van der Waals surface area (Å²) in [4.78, 5) is 0. The Kier molecular flexibility index (Phi) is 5.36. The van der Waals surface area contributed by atoms with Crippen molar-refractivity contribution in [3.05, 3.63) is 64.1 Å². The molecular formula is C21H25BrO. The van der Waals surface area contributed by atoms with Gasteiger partial charge in [-0.2, -0.15) is 0 Å². The smallest absolute Gasteiger partial charge is 0.131 e. The fraction of sp³-hybridized carbons (Fsp3) is 0.333. The van der Waals surface area contributed by atoms with Gasteiger partial charge in [0.25, 0.3) is 0 Å². The van der Waals surface area contributed by atoms with Crippen molar-refractivity contribution >= 4 is 15.9 Å². The summed E-state index contributed by atoms with van der Waals surface area (Å²) in [7, 11) is 0. The molecule has 0 aromatic heterocycles. The molecule has 0 saturated heterocycles. The fourth-order valence-electron chi connectivity index (χ4n) is 2.67. The van der Waals surface area contributed by atoms with Crippen LogP contribution >= 0.6 is 15.9 Å². The Bertz CT molecular complexity index is 723. The van der Waals surface area contributed by atoms with E-state index in [2.05, 4.69) is 87.5 Å². The third kappa shape index (κ3) is 4.06. The zero-order chi connectivity index (χ0) is 17.2. The topological polar surface area (TPSA) is 9.23 Å². The van der Waals surface area contributed by atoms with Gasteiger partial charge >= 0.3 is 0 Å². The summed E-state index contributed by atoms with van der Waals surface area (Å²) in [5, 5.41) is 0. The molecular weight excluding hydrogens is 348 g/mol. The summed E-state index contributed by atoms with van der Waals surface area (Å²) in [6, 6.07) is 10.8. The van der Waals surface area contributed by atoms with Gasteiger partial charge in [0.1, 0.15) is 12.4 Å². The van der Waals surface area contributed by atoms with Crippen LogP contribution in [0.1, 0.15) is 37.5 Å². The molecule has 0 spiro atoms. The van der Waals surface area contributed by atoms with E-state index in [1.807, 2.05) is 0 Å². The van der Waals surface area contributed by atoms with Crippen LogP contribution in [0.3, 0.4) is 0 Å². The standard InChI is InChI=1S/C21H25BrO/c1-7-10-23-20-17(16-11-14(2)8-9-19(16)22)12-15(3)13-18(20)21(4,5)6/h7-9,11-13H,1,10H2,2-6H3. The van der Waals surface area contributed by atoms with E-state index in [0.717, 1.165) is 15.8 Å². The van der Waals surface area contributed by atoms with E-state index in [9.17, 15) is 0 Å². The second-order valence-corrected chi connectivity index (χ2v) is 7.88. The van der Waals surface area contributed by atoms with E-state index >= 15 is 0 Å². The highest BCUT2D eigenvalue weighted by atomic mass is 79.9. The number of aryl methyl sites for hydroxylation is 2. The molecule has 0 heterocycles. The van der Waals surface area contributed by atoms with Crippen molar-refractivity contribution < 1.29 is 4.74 Å². The van der Waals surface area contributed by atoms with Crippen LogP contribution < -0.4 is 4.74 Å². The molecule has 0 aliphatic heterocycles. The largest absolute Gasteiger partial charge is 0.489 e. The molecule has 0 saturated carbocycles. The SMILES string of the molecule is C=CCOc1c(-c2cc(C)ccc2Br)cc(C)cc1C(C)(C)C. The van der Waals surface area contributed by atoms with Crippen LogP contribution in [0.25, 0.3) is 11.1 Å². The number of rotatable bonds is 4. The van der Waals surface area contributed by atoms with Crippen LogP contribution in [0.2, 0.25) is 0 Å². The Morgan fingerprint density at radius 1 is 1.04 bits per heavy atom. The third-order valence-corrected chi connectivity index (χ3v) is 4.49. The average molecular weight is 373 g/mol. The van der Waals surface area contributed by atoms with Crippen LogP contribution in [0, 0.1) is 13.8 Å². The summed E-state index contributed by atoms with van der Waals surface area (Å²) < 4.78 is 7.19. The number of benzene rings is 2. The first-order valence-electron chi connectivity index (χ1n) is 7.89. The molecule has 2 rings (SSSR count).